The summed E-state index contributed by atoms with van der Waals surface area (Å²) in [5.41, 5.74) is -0.339. The van der Waals surface area contributed by atoms with Crippen LogP contribution in [0.1, 0.15) is 99.3 Å². The summed E-state index contributed by atoms with van der Waals surface area (Å²) in [6.07, 6.45) is 7.01. The highest BCUT2D eigenvalue weighted by atomic mass is 16.4. The molecule has 5 fully saturated rings. The van der Waals surface area contributed by atoms with Crippen molar-refractivity contribution in [3.8, 4) is 0 Å². The maximum Gasteiger partial charge on any atom is 0.310 e. The van der Waals surface area contributed by atoms with E-state index in [1.54, 1.807) is 0 Å². The Hall–Kier alpha value is -0.870. The quantitative estimate of drug-likeness (QED) is 0.427. The molecule has 4 nitrogen and oxygen atoms in total. The van der Waals surface area contributed by atoms with Gasteiger partial charge in [0.15, 0.2) is 0 Å². The lowest BCUT2D eigenvalue weighted by Gasteiger charge is -2.72. The Morgan fingerprint density at radius 1 is 0.853 bits per heavy atom. The number of hydrogen-bond acceptors (Lipinski definition) is 3. The first-order valence-corrected chi connectivity index (χ1v) is 13.9. The molecular weight excluding hydrogens is 424 g/mol. The largest absolute Gasteiger partial charge is 0.481 e. The number of fused-ring (bicyclic) bond motifs is 7. The van der Waals surface area contributed by atoms with Crippen LogP contribution in [0.15, 0.2) is 12.2 Å². The molecule has 0 amide bonds. The molecule has 0 bridgehead atoms. The van der Waals surface area contributed by atoms with Gasteiger partial charge in [0.25, 0.3) is 0 Å². The average molecular weight is 473 g/mol. The third-order valence-corrected chi connectivity index (χ3v) is 13.4. The summed E-state index contributed by atoms with van der Waals surface area (Å²) in [6.45, 7) is 17.8. The molecule has 5 rings (SSSR count). The van der Waals surface area contributed by atoms with Crippen molar-refractivity contribution in [3.05, 3.63) is 12.2 Å². The van der Waals surface area contributed by atoms with Crippen LogP contribution in [0, 0.1) is 56.7 Å². The minimum absolute atomic E-state index is 0.0617. The van der Waals surface area contributed by atoms with Crippen LogP contribution in [0.5, 0.6) is 0 Å². The lowest BCUT2D eigenvalue weighted by atomic mass is 9.31. The first-order valence-electron chi connectivity index (χ1n) is 13.9. The molecule has 5 aliphatic carbocycles. The molecule has 0 spiro atoms. The second-order valence-electron chi connectivity index (χ2n) is 14.6. The summed E-state index contributed by atoms with van der Waals surface area (Å²) in [5, 5.41) is 33.6. The van der Waals surface area contributed by atoms with Crippen LogP contribution in [-0.2, 0) is 4.79 Å². The van der Waals surface area contributed by atoms with Crippen molar-refractivity contribution in [3.63, 3.8) is 0 Å². The van der Waals surface area contributed by atoms with E-state index in [0.717, 1.165) is 32.1 Å². The van der Waals surface area contributed by atoms with Gasteiger partial charge in [0.05, 0.1) is 17.6 Å². The van der Waals surface area contributed by atoms with Crippen molar-refractivity contribution in [2.45, 2.75) is 112 Å². The van der Waals surface area contributed by atoms with E-state index in [4.69, 9.17) is 0 Å². The van der Waals surface area contributed by atoms with Crippen LogP contribution >= 0.6 is 0 Å². The topological polar surface area (TPSA) is 77.8 Å². The van der Waals surface area contributed by atoms with Crippen molar-refractivity contribution in [1.82, 2.24) is 0 Å². The number of aliphatic hydroxyl groups is 2. The normalized spacial score (nSPS) is 55.9. The van der Waals surface area contributed by atoms with Crippen LogP contribution in [0.4, 0.5) is 0 Å². The fourth-order valence-electron chi connectivity index (χ4n) is 11.5. The standard InChI is InChI=1S/C30H48O4/c1-17(2)18-10-12-27(5)14-15-28(6)19(24(18)27)8-9-21-29(7)20(11-13-30(21,28)25(33)34)26(3,4)22(31)16-23(29)32/h18-24,31-32H,1,8-16H2,2-7H3,(H,33,34)/t18-,19+,20-,21+,22-,23+,24+,27+,28+,29-,30+/m0/s1. The first kappa shape index (κ1) is 24.8. The van der Waals surface area contributed by atoms with E-state index in [2.05, 4.69) is 48.1 Å². The molecular formula is C30H48O4. The van der Waals surface area contributed by atoms with E-state index in [-0.39, 0.29) is 28.1 Å². The zero-order valence-corrected chi connectivity index (χ0v) is 22.4. The molecule has 0 heterocycles. The van der Waals surface area contributed by atoms with Gasteiger partial charge in [0, 0.05) is 11.8 Å². The van der Waals surface area contributed by atoms with E-state index in [9.17, 15) is 20.1 Å². The number of aliphatic hydroxyl groups excluding tert-OH is 2. The lowest BCUT2D eigenvalue weighted by molar-refractivity contribution is -0.276. The molecule has 3 N–H and O–H groups in total. The van der Waals surface area contributed by atoms with Crippen LogP contribution < -0.4 is 0 Å². The number of carbonyl (C=O) groups is 1. The molecule has 4 heteroatoms. The highest BCUT2D eigenvalue weighted by molar-refractivity contribution is 5.77. The second kappa shape index (κ2) is 7.34. The third-order valence-electron chi connectivity index (χ3n) is 13.4. The number of aliphatic carboxylic acids is 1. The van der Waals surface area contributed by atoms with Gasteiger partial charge in [0.1, 0.15) is 0 Å². The van der Waals surface area contributed by atoms with Gasteiger partial charge in [-0.25, -0.2) is 0 Å². The van der Waals surface area contributed by atoms with Gasteiger partial charge in [-0.2, -0.15) is 0 Å². The molecule has 0 aliphatic heterocycles. The van der Waals surface area contributed by atoms with Gasteiger partial charge >= 0.3 is 5.97 Å². The number of carboxylic acid groups (broad SMARTS) is 1. The Morgan fingerprint density at radius 2 is 1.53 bits per heavy atom. The molecule has 5 aliphatic rings. The fourth-order valence-corrected chi connectivity index (χ4v) is 11.5. The Kier molecular flexibility index (Phi) is 5.36. The molecule has 34 heavy (non-hydrogen) atoms. The predicted octanol–water partition coefficient (Wildman–Crippen LogP) is 6.06. The molecule has 11 atom stereocenters. The van der Waals surface area contributed by atoms with Crippen LogP contribution in [-0.4, -0.2) is 33.5 Å². The van der Waals surface area contributed by atoms with Crippen molar-refractivity contribution < 1.29 is 20.1 Å². The van der Waals surface area contributed by atoms with Crippen LogP contribution in [0.2, 0.25) is 0 Å². The van der Waals surface area contributed by atoms with Crippen molar-refractivity contribution in [1.29, 1.82) is 0 Å². The maximum atomic E-state index is 13.6. The number of carboxylic acids is 1. The Bertz CT molecular complexity index is 894. The molecule has 0 radical (unpaired) electrons. The minimum atomic E-state index is -0.815. The Balaban J connectivity index is 1.64. The van der Waals surface area contributed by atoms with E-state index < -0.39 is 29.0 Å². The smallest absolute Gasteiger partial charge is 0.310 e. The van der Waals surface area contributed by atoms with Crippen molar-refractivity contribution >= 4 is 5.97 Å². The number of rotatable bonds is 2. The summed E-state index contributed by atoms with van der Waals surface area (Å²) < 4.78 is 0. The van der Waals surface area contributed by atoms with Gasteiger partial charge in [-0.3, -0.25) is 4.79 Å². The Labute approximate surface area is 206 Å². The monoisotopic (exact) mass is 472 g/mol. The molecule has 5 saturated carbocycles. The summed E-state index contributed by atoms with van der Waals surface area (Å²) in [6, 6.07) is 0. The van der Waals surface area contributed by atoms with Gasteiger partial charge in [-0.1, -0.05) is 46.8 Å². The fraction of sp³-hybridized carbons (Fsp3) is 0.900. The molecule has 0 aromatic carbocycles. The first-order chi connectivity index (χ1) is 15.7. The lowest BCUT2D eigenvalue weighted by Crippen LogP contribution is -2.72. The number of hydrogen-bond donors (Lipinski definition) is 3. The molecule has 0 aromatic rings. The van der Waals surface area contributed by atoms with Gasteiger partial charge in [-0.05, 0) is 104 Å². The van der Waals surface area contributed by atoms with Crippen molar-refractivity contribution in [2.24, 2.45) is 56.7 Å². The van der Waals surface area contributed by atoms with Crippen LogP contribution in [0.3, 0.4) is 0 Å². The highest BCUT2D eigenvalue weighted by Gasteiger charge is 2.75. The zero-order chi connectivity index (χ0) is 25.1. The molecule has 0 aromatic heterocycles. The summed E-state index contributed by atoms with van der Waals surface area (Å²) in [4.78, 5) is 13.6. The maximum absolute atomic E-state index is 13.6. The van der Waals surface area contributed by atoms with Gasteiger partial charge in [0.2, 0.25) is 0 Å². The molecule has 0 saturated heterocycles. The Morgan fingerprint density at radius 3 is 2.15 bits per heavy atom. The third kappa shape index (κ3) is 2.71. The minimum Gasteiger partial charge on any atom is -0.481 e. The summed E-state index contributed by atoms with van der Waals surface area (Å²) in [7, 11) is 0. The zero-order valence-electron chi connectivity index (χ0n) is 22.4. The van der Waals surface area contributed by atoms with Crippen molar-refractivity contribution in [2.75, 3.05) is 0 Å². The SMILES string of the molecule is C=C(C)[C@@H]1CC[C@]2(C)CC[C@]3(C)[C@H](CC[C@@H]4[C@@]5(C)[C@H](O)C[C@H](O)C(C)(C)[C@@H]5CC[C@]43C(=O)O)[C@@H]12. The van der Waals surface area contributed by atoms with E-state index in [0.29, 0.717) is 30.6 Å². The van der Waals surface area contributed by atoms with Gasteiger partial charge < -0.3 is 15.3 Å². The summed E-state index contributed by atoms with van der Waals surface area (Å²) in [5.74, 6) is 0.837. The highest BCUT2D eigenvalue weighted by Crippen LogP contribution is 2.77. The van der Waals surface area contributed by atoms with E-state index in [1.807, 2.05) is 0 Å². The number of allylic oxidation sites excluding steroid dienone is 1. The molecule has 192 valence electrons. The van der Waals surface area contributed by atoms with Crippen LogP contribution in [0.25, 0.3) is 0 Å². The average Bonchev–Trinajstić information content (AvgIpc) is 3.10. The second-order valence-corrected chi connectivity index (χ2v) is 14.6. The summed E-state index contributed by atoms with van der Waals surface area (Å²) >= 11 is 0. The van der Waals surface area contributed by atoms with Gasteiger partial charge in [-0.15, -0.1) is 0 Å². The van der Waals surface area contributed by atoms with E-state index >= 15 is 0 Å². The predicted molar refractivity (Wildman–Crippen MR) is 134 cm³/mol. The molecule has 0 unspecified atom stereocenters. The van der Waals surface area contributed by atoms with E-state index in [1.165, 1.54) is 18.4 Å².